The molecule has 1 aliphatic rings. The third-order valence-electron chi connectivity index (χ3n) is 2.72. The Balaban J connectivity index is 2.08. The Hall–Kier alpha value is -0.990. The van der Waals surface area contributed by atoms with Gasteiger partial charge in [0.05, 0.1) is 6.20 Å². The van der Waals surface area contributed by atoms with E-state index in [1.165, 1.54) is 12.1 Å². The number of hydrogen-bond donors (Lipinski definition) is 1. The molecule has 1 unspecified atom stereocenters. The lowest BCUT2D eigenvalue weighted by Crippen LogP contribution is -2.20. The average molecular weight is 179 g/mol. The number of aromatic nitrogens is 2. The van der Waals surface area contributed by atoms with Crippen LogP contribution in [0.25, 0.3) is 0 Å². The zero-order valence-corrected chi connectivity index (χ0v) is 8.38. The molecule has 2 rings (SSSR count). The van der Waals surface area contributed by atoms with E-state index < -0.39 is 0 Å². The van der Waals surface area contributed by atoms with E-state index in [-0.39, 0.29) is 0 Å². The topological polar surface area (TPSA) is 31.9 Å². The fourth-order valence-corrected chi connectivity index (χ4v) is 1.81. The quantitative estimate of drug-likeness (QED) is 0.751. The van der Waals surface area contributed by atoms with Crippen LogP contribution in [0, 0.1) is 5.92 Å². The van der Waals surface area contributed by atoms with Crippen molar-refractivity contribution < 1.29 is 0 Å². The molecule has 13 heavy (non-hydrogen) atoms. The number of H-pyrrole nitrogens is 1. The van der Waals surface area contributed by atoms with Crippen molar-refractivity contribution in [2.24, 2.45) is 5.92 Å². The molecule has 0 amide bonds. The number of hydrogen-bond acceptors (Lipinski definition) is 2. The minimum atomic E-state index is 0.815. The Kier molecular flexibility index (Phi) is 2.25. The molecule has 0 bridgehead atoms. The molecule has 0 aliphatic carbocycles. The van der Waals surface area contributed by atoms with Gasteiger partial charge in [-0.15, -0.1) is 0 Å². The molecule has 1 N–H and O–H groups in total. The average Bonchev–Trinajstić information content (AvgIpc) is 2.71. The Morgan fingerprint density at radius 1 is 1.69 bits per heavy atom. The molecule has 1 fully saturated rings. The Morgan fingerprint density at radius 2 is 2.54 bits per heavy atom. The number of nitrogens with zero attached hydrogens (tertiary/aromatic N) is 2. The van der Waals surface area contributed by atoms with Crippen LogP contribution >= 0.6 is 0 Å². The summed E-state index contributed by atoms with van der Waals surface area (Å²) in [5.74, 6) is 1.87. The number of imidazole rings is 1. The minimum Gasteiger partial charge on any atom is -0.342 e. The van der Waals surface area contributed by atoms with Crippen molar-refractivity contribution in [2.75, 3.05) is 18.0 Å². The summed E-state index contributed by atoms with van der Waals surface area (Å²) >= 11 is 0. The van der Waals surface area contributed by atoms with Crippen molar-refractivity contribution in [3.05, 3.63) is 11.9 Å². The van der Waals surface area contributed by atoms with Gasteiger partial charge in [0.1, 0.15) is 0 Å². The zero-order valence-electron chi connectivity index (χ0n) is 8.38. The van der Waals surface area contributed by atoms with E-state index in [4.69, 9.17) is 0 Å². The molecule has 1 saturated heterocycles. The number of rotatable bonds is 2. The van der Waals surface area contributed by atoms with Crippen LogP contribution in [0.5, 0.6) is 0 Å². The molecular formula is C10H17N3. The summed E-state index contributed by atoms with van der Waals surface area (Å²) < 4.78 is 0. The molecular weight excluding hydrogens is 162 g/mol. The summed E-state index contributed by atoms with van der Waals surface area (Å²) in [6, 6.07) is 0. The van der Waals surface area contributed by atoms with Crippen LogP contribution in [0.2, 0.25) is 0 Å². The predicted molar refractivity (Wildman–Crippen MR) is 54.0 cm³/mol. The van der Waals surface area contributed by atoms with E-state index in [0.717, 1.165) is 31.4 Å². The molecule has 2 heterocycles. The van der Waals surface area contributed by atoms with Gasteiger partial charge in [0.25, 0.3) is 0 Å². The highest BCUT2D eigenvalue weighted by molar-refractivity contribution is 5.32. The fraction of sp³-hybridized carbons (Fsp3) is 0.700. The first-order valence-electron chi connectivity index (χ1n) is 5.08. The maximum atomic E-state index is 4.37. The Morgan fingerprint density at radius 3 is 3.08 bits per heavy atom. The largest absolute Gasteiger partial charge is 0.342 e. The molecule has 0 radical (unpaired) electrons. The van der Waals surface area contributed by atoms with Crippen LogP contribution in [-0.4, -0.2) is 23.1 Å². The predicted octanol–water partition coefficient (Wildman–Crippen LogP) is 1.82. The van der Waals surface area contributed by atoms with Gasteiger partial charge in [0.15, 0.2) is 0 Å². The van der Waals surface area contributed by atoms with E-state index in [1.54, 1.807) is 0 Å². The lowest BCUT2D eigenvalue weighted by atomic mass is 10.2. The summed E-state index contributed by atoms with van der Waals surface area (Å²) in [4.78, 5) is 10.1. The van der Waals surface area contributed by atoms with Gasteiger partial charge in [-0.1, -0.05) is 13.8 Å². The lowest BCUT2D eigenvalue weighted by molar-refractivity contribution is 0.658. The Bertz CT molecular complexity index is 279. The fourth-order valence-electron chi connectivity index (χ4n) is 1.81. The maximum Gasteiger partial charge on any atom is 0.202 e. The van der Waals surface area contributed by atoms with E-state index in [0.29, 0.717) is 0 Å². The molecule has 72 valence electrons. The van der Waals surface area contributed by atoms with E-state index in [9.17, 15) is 0 Å². The molecule has 0 spiro atoms. The van der Waals surface area contributed by atoms with Crippen molar-refractivity contribution in [1.29, 1.82) is 0 Å². The molecule has 1 aromatic heterocycles. The van der Waals surface area contributed by atoms with Gasteiger partial charge in [-0.25, -0.2) is 4.98 Å². The normalized spacial score (nSPS) is 22.6. The third-order valence-corrected chi connectivity index (χ3v) is 2.72. The molecule has 3 heteroatoms. The molecule has 0 saturated carbocycles. The smallest absolute Gasteiger partial charge is 0.202 e. The summed E-state index contributed by atoms with van der Waals surface area (Å²) in [5.41, 5.74) is 1.23. The standard InChI is InChI=1S/C10H17N3/c1-3-9-6-11-10(12-9)13-5-4-8(2)7-13/h6,8H,3-5,7H2,1-2H3,(H,11,12). The van der Waals surface area contributed by atoms with Gasteiger partial charge < -0.3 is 9.88 Å². The molecule has 1 atom stereocenters. The SMILES string of the molecule is CCc1cnc(N2CCC(C)C2)[nH]1. The van der Waals surface area contributed by atoms with Crippen molar-refractivity contribution in [3.8, 4) is 0 Å². The second kappa shape index (κ2) is 3.40. The highest BCUT2D eigenvalue weighted by Crippen LogP contribution is 2.20. The molecule has 3 nitrogen and oxygen atoms in total. The minimum absolute atomic E-state index is 0.815. The van der Waals surface area contributed by atoms with Crippen LogP contribution in [0.4, 0.5) is 5.95 Å². The summed E-state index contributed by atoms with van der Waals surface area (Å²) in [7, 11) is 0. The van der Waals surface area contributed by atoms with Crippen LogP contribution in [0.3, 0.4) is 0 Å². The first kappa shape index (κ1) is 8.60. The highest BCUT2D eigenvalue weighted by atomic mass is 15.3. The first-order valence-corrected chi connectivity index (χ1v) is 5.08. The van der Waals surface area contributed by atoms with Crippen molar-refractivity contribution in [2.45, 2.75) is 26.7 Å². The Labute approximate surface area is 79.2 Å². The maximum absolute atomic E-state index is 4.37. The van der Waals surface area contributed by atoms with Crippen molar-refractivity contribution in [3.63, 3.8) is 0 Å². The number of aromatic amines is 1. The highest BCUT2D eigenvalue weighted by Gasteiger charge is 2.20. The van der Waals surface area contributed by atoms with Gasteiger partial charge in [0, 0.05) is 18.8 Å². The van der Waals surface area contributed by atoms with E-state index in [2.05, 4.69) is 28.7 Å². The molecule has 1 aromatic rings. The van der Waals surface area contributed by atoms with Crippen LogP contribution in [0.15, 0.2) is 6.20 Å². The van der Waals surface area contributed by atoms with Crippen molar-refractivity contribution >= 4 is 5.95 Å². The van der Waals surface area contributed by atoms with Gasteiger partial charge in [-0.3, -0.25) is 0 Å². The lowest BCUT2D eigenvalue weighted by Gasteiger charge is -2.13. The van der Waals surface area contributed by atoms with Crippen molar-refractivity contribution in [1.82, 2.24) is 9.97 Å². The molecule has 0 aromatic carbocycles. The zero-order chi connectivity index (χ0) is 9.26. The second-order valence-corrected chi connectivity index (χ2v) is 3.93. The number of nitrogens with one attached hydrogen (secondary N) is 1. The van der Waals surface area contributed by atoms with Crippen LogP contribution in [0.1, 0.15) is 26.0 Å². The van der Waals surface area contributed by atoms with Crippen LogP contribution in [-0.2, 0) is 6.42 Å². The van der Waals surface area contributed by atoms with E-state index in [1.807, 2.05) is 6.20 Å². The first-order chi connectivity index (χ1) is 6.29. The number of anilines is 1. The van der Waals surface area contributed by atoms with Gasteiger partial charge in [-0.05, 0) is 18.8 Å². The second-order valence-electron chi connectivity index (χ2n) is 3.93. The summed E-state index contributed by atoms with van der Waals surface area (Å²) in [6.07, 6.45) is 4.27. The van der Waals surface area contributed by atoms with Gasteiger partial charge in [0.2, 0.25) is 5.95 Å². The van der Waals surface area contributed by atoms with Gasteiger partial charge >= 0.3 is 0 Å². The summed E-state index contributed by atoms with van der Waals surface area (Å²) in [5, 5.41) is 0. The number of aryl methyl sites for hydroxylation is 1. The monoisotopic (exact) mass is 179 g/mol. The van der Waals surface area contributed by atoms with Gasteiger partial charge in [-0.2, -0.15) is 0 Å². The van der Waals surface area contributed by atoms with E-state index >= 15 is 0 Å². The molecule has 1 aliphatic heterocycles. The summed E-state index contributed by atoms with van der Waals surface area (Å²) in [6.45, 7) is 6.74. The van der Waals surface area contributed by atoms with Crippen LogP contribution < -0.4 is 4.90 Å². The third kappa shape index (κ3) is 1.69.